The molecule has 2 heterocycles. The monoisotopic (exact) mass is 416 g/mol. The summed E-state index contributed by atoms with van der Waals surface area (Å²) in [6.07, 6.45) is 0.936. The van der Waals surface area contributed by atoms with Crippen LogP contribution in [0.25, 0.3) is 0 Å². The summed E-state index contributed by atoms with van der Waals surface area (Å²) >= 11 is 0. The SMILES string of the molecule is CCOC(=O)N1CCC(NC(=O)Nc2ccc3c(c2)C(=O)N(CC(C)C)C3=O)CC1. The van der Waals surface area contributed by atoms with Gasteiger partial charge >= 0.3 is 12.1 Å². The molecule has 0 aromatic heterocycles. The zero-order valence-corrected chi connectivity index (χ0v) is 17.6. The maximum absolute atomic E-state index is 12.6. The summed E-state index contributed by atoms with van der Waals surface area (Å²) in [4.78, 5) is 52.0. The maximum atomic E-state index is 12.6. The van der Waals surface area contributed by atoms with Crippen molar-refractivity contribution in [3.05, 3.63) is 29.3 Å². The Morgan fingerprint density at radius 3 is 2.43 bits per heavy atom. The van der Waals surface area contributed by atoms with Crippen LogP contribution in [0.2, 0.25) is 0 Å². The van der Waals surface area contributed by atoms with Crippen molar-refractivity contribution in [2.45, 2.75) is 39.7 Å². The van der Waals surface area contributed by atoms with E-state index in [1.165, 1.54) is 4.90 Å². The number of piperidine rings is 1. The molecule has 0 spiro atoms. The van der Waals surface area contributed by atoms with Crippen LogP contribution in [-0.2, 0) is 4.74 Å². The lowest BCUT2D eigenvalue weighted by Gasteiger charge is -2.31. The number of hydrogen-bond acceptors (Lipinski definition) is 5. The molecule has 5 amide bonds. The Hall–Kier alpha value is -3.10. The van der Waals surface area contributed by atoms with E-state index in [4.69, 9.17) is 4.74 Å². The summed E-state index contributed by atoms with van der Waals surface area (Å²) in [5.41, 5.74) is 1.11. The Labute approximate surface area is 175 Å². The Balaban J connectivity index is 1.55. The predicted molar refractivity (Wildman–Crippen MR) is 110 cm³/mol. The number of ether oxygens (including phenoxy) is 1. The molecule has 30 heavy (non-hydrogen) atoms. The summed E-state index contributed by atoms with van der Waals surface area (Å²) in [7, 11) is 0. The highest BCUT2D eigenvalue weighted by atomic mass is 16.6. The molecule has 2 aliphatic heterocycles. The standard InChI is InChI=1S/C21H28N4O5/c1-4-30-21(29)24-9-7-14(8-10-24)22-20(28)23-15-5-6-16-17(11-15)19(27)25(18(16)26)12-13(2)3/h5-6,11,13-14H,4,7-10,12H2,1-3H3,(H2,22,23,28). The van der Waals surface area contributed by atoms with Gasteiger partial charge < -0.3 is 20.3 Å². The number of carbonyl (C=O) groups excluding carboxylic acids is 4. The highest BCUT2D eigenvalue weighted by molar-refractivity contribution is 6.21. The summed E-state index contributed by atoms with van der Waals surface area (Å²) < 4.78 is 4.99. The van der Waals surface area contributed by atoms with Gasteiger partial charge in [0.25, 0.3) is 11.8 Å². The second-order valence-electron chi connectivity index (χ2n) is 7.93. The van der Waals surface area contributed by atoms with E-state index in [-0.39, 0.29) is 35.9 Å². The van der Waals surface area contributed by atoms with Crippen molar-refractivity contribution in [2.75, 3.05) is 31.6 Å². The van der Waals surface area contributed by atoms with Gasteiger partial charge in [0, 0.05) is 31.4 Å². The first-order chi connectivity index (χ1) is 14.3. The fourth-order valence-corrected chi connectivity index (χ4v) is 3.67. The third-order valence-electron chi connectivity index (χ3n) is 5.13. The van der Waals surface area contributed by atoms with E-state index in [1.807, 2.05) is 13.8 Å². The van der Waals surface area contributed by atoms with Crippen molar-refractivity contribution in [3.63, 3.8) is 0 Å². The van der Waals surface area contributed by atoms with E-state index in [9.17, 15) is 19.2 Å². The molecular formula is C21H28N4O5. The van der Waals surface area contributed by atoms with Crippen LogP contribution in [0.1, 0.15) is 54.3 Å². The Morgan fingerprint density at radius 2 is 1.80 bits per heavy atom. The number of likely N-dealkylation sites (tertiary alicyclic amines) is 1. The van der Waals surface area contributed by atoms with Crippen molar-refractivity contribution in [1.29, 1.82) is 0 Å². The van der Waals surface area contributed by atoms with Crippen LogP contribution in [0.5, 0.6) is 0 Å². The van der Waals surface area contributed by atoms with Gasteiger partial charge in [-0.25, -0.2) is 9.59 Å². The van der Waals surface area contributed by atoms with Crippen LogP contribution in [0, 0.1) is 5.92 Å². The molecule has 9 heteroatoms. The van der Waals surface area contributed by atoms with E-state index in [1.54, 1.807) is 30.0 Å². The van der Waals surface area contributed by atoms with Crippen molar-refractivity contribution in [2.24, 2.45) is 5.92 Å². The van der Waals surface area contributed by atoms with E-state index >= 15 is 0 Å². The molecule has 162 valence electrons. The van der Waals surface area contributed by atoms with E-state index in [2.05, 4.69) is 10.6 Å². The lowest BCUT2D eigenvalue weighted by Crippen LogP contribution is -2.47. The van der Waals surface area contributed by atoms with Gasteiger partial charge in [0.05, 0.1) is 17.7 Å². The molecule has 1 aromatic rings. The smallest absolute Gasteiger partial charge is 0.409 e. The predicted octanol–water partition coefficient (Wildman–Crippen LogP) is 2.68. The number of fused-ring (bicyclic) bond motifs is 1. The minimum Gasteiger partial charge on any atom is -0.450 e. The number of carbonyl (C=O) groups is 4. The lowest BCUT2D eigenvalue weighted by atomic mass is 10.1. The van der Waals surface area contributed by atoms with E-state index in [0.29, 0.717) is 55.9 Å². The first-order valence-electron chi connectivity index (χ1n) is 10.3. The van der Waals surface area contributed by atoms with Gasteiger partial charge in [-0.2, -0.15) is 0 Å². The van der Waals surface area contributed by atoms with Gasteiger partial charge in [-0.3, -0.25) is 14.5 Å². The molecule has 0 atom stereocenters. The van der Waals surface area contributed by atoms with E-state index < -0.39 is 0 Å². The summed E-state index contributed by atoms with van der Waals surface area (Å²) in [5.74, 6) is -0.460. The maximum Gasteiger partial charge on any atom is 0.409 e. The molecule has 2 aliphatic rings. The van der Waals surface area contributed by atoms with Crippen LogP contribution in [-0.4, -0.2) is 66.0 Å². The minimum absolute atomic E-state index is 0.0603. The van der Waals surface area contributed by atoms with Crippen LogP contribution in [0.15, 0.2) is 18.2 Å². The highest BCUT2D eigenvalue weighted by Crippen LogP contribution is 2.26. The van der Waals surface area contributed by atoms with Gasteiger partial charge in [0.15, 0.2) is 0 Å². The molecule has 0 bridgehead atoms. The number of hydrogen-bond donors (Lipinski definition) is 2. The van der Waals surface area contributed by atoms with Crippen molar-refractivity contribution >= 4 is 29.6 Å². The zero-order chi connectivity index (χ0) is 21.8. The van der Waals surface area contributed by atoms with Gasteiger partial charge in [-0.05, 0) is 43.9 Å². The number of amides is 5. The quantitative estimate of drug-likeness (QED) is 0.718. The van der Waals surface area contributed by atoms with Crippen molar-refractivity contribution < 1.29 is 23.9 Å². The molecule has 0 unspecified atom stereocenters. The summed E-state index contributed by atoms with van der Waals surface area (Å²) in [6.45, 7) is 7.39. The first-order valence-corrected chi connectivity index (χ1v) is 10.3. The molecule has 2 N–H and O–H groups in total. The topological polar surface area (TPSA) is 108 Å². The molecule has 0 saturated carbocycles. The number of benzene rings is 1. The second-order valence-corrected chi connectivity index (χ2v) is 7.93. The molecule has 3 rings (SSSR count). The van der Waals surface area contributed by atoms with Gasteiger partial charge in [0.1, 0.15) is 0 Å². The van der Waals surface area contributed by atoms with Crippen LogP contribution >= 0.6 is 0 Å². The normalized spacial score (nSPS) is 16.7. The minimum atomic E-state index is -0.389. The summed E-state index contributed by atoms with van der Waals surface area (Å²) in [5, 5.41) is 5.62. The third-order valence-corrected chi connectivity index (χ3v) is 5.13. The summed E-state index contributed by atoms with van der Waals surface area (Å²) in [6, 6.07) is 4.28. The van der Waals surface area contributed by atoms with Crippen molar-refractivity contribution in [1.82, 2.24) is 15.1 Å². The Bertz CT molecular complexity index is 846. The highest BCUT2D eigenvalue weighted by Gasteiger charge is 2.36. The third kappa shape index (κ3) is 4.72. The largest absolute Gasteiger partial charge is 0.450 e. The number of anilines is 1. The fraction of sp³-hybridized carbons (Fsp3) is 0.524. The second kappa shape index (κ2) is 9.15. The average molecular weight is 416 g/mol. The number of urea groups is 1. The van der Waals surface area contributed by atoms with Crippen molar-refractivity contribution in [3.8, 4) is 0 Å². The molecule has 1 fully saturated rings. The number of nitrogens with one attached hydrogen (secondary N) is 2. The van der Waals surface area contributed by atoms with Crippen LogP contribution in [0.4, 0.5) is 15.3 Å². The first kappa shape index (κ1) is 21.6. The van der Waals surface area contributed by atoms with Crippen LogP contribution in [0.3, 0.4) is 0 Å². The molecule has 1 aromatic carbocycles. The number of rotatable bonds is 5. The molecule has 9 nitrogen and oxygen atoms in total. The molecule has 0 radical (unpaired) electrons. The molecule has 0 aliphatic carbocycles. The molecular weight excluding hydrogens is 388 g/mol. The lowest BCUT2D eigenvalue weighted by molar-refractivity contribution is 0.0635. The average Bonchev–Trinajstić information content (AvgIpc) is 2.93. The zero-order valence-electron chi connectivity index (χ0n) is 17.6. The Kier molecular flexibility index (Phi) is 6.59. The Morgan fingerprint density at radius 1 is 1.13 bits per heavy atom. The number of nitrogens with zero attached hydrogens (tertiary/aromatic N) is 2. The van der Waals surface area contributed by atoms with E-state index in [0.717, 1.165) is 0 Å². The van der Waals surface area contributed by atoms with Gasteiger partial charge in [0.2, 0.25) is 0 Å². The van der Waals surface area contributed by atoms with Gasteiger partial charge in [-0.15, -0.1) is 0 Å². The van der Waals surface area contributed by atoms with Gasteiger partial charge in [-0.1, -0.05) is 13.8 Å². The fourth-order valence-electron chi connectivity index (χ4n) is 3.67. The number of imide groups is 1. The molecule has 1 saturated heterocycles. The van der Waals surface area contributed by atoms with Crippen LogP contribution < -0.4 is 10.6 Å².